The highest BCUT2D eigenvalue weighted by Crippen LogP contribution is 2.68. The normalized spacial score (nSPS) is 40.1. The molecule has 0 unspecified atom stereocenters. The summed E-state index contributed by atoms with van der Waals surface area (Å²) in [7, 11) is -1.50. The van der Waals surface area contributed by atoms with E-state index in [0.717, 1.165) is 0 Å². The molecule has 0 spiro atoms. The van der Waals surface area contributed by atoms with Crippen molar-refractivity contribution in [2.45, 2.75) is 64.8 Å². The first-order valence-corrected chi connectivity index (χ1v) is 9.74. The largest absolute Gasteiger partial charge is 0.413 e. The van der Waals surface area contributed by atoms with E-state index in [1.165, 1.54) is 37.3 Å². The number of hydrogen-bond donors (Lipinski definition) is 0. The fourth-order valence-corrected chi connectivity index (χ4v) is 6.95. The summed E-state index contributed by atoms with van der Waals surface area (Å²) in [6, 6.07) is 3.63. The van der Waals surface area contributed by atoms with Gasteiger partial charge >= 0.3 is 0 Å². The van der Waals surface area contributed by atoms with Crippen LogP contribution in [-0.2, 0) is 9.22 Å². The van der Waals surface area contributed by atoms with Gasteiger partial charge in [-0.25, -0.2) is 0 Å². The van der Waals surface area contributed by atoms with Gasteiger partial charge in [0.15, 0.2) is 8.32 Å². The lowest BCUT2D eigenvalue weighted by Crippen LogP contribution is -2.42. The van der Waals surface area contributed by atoms with Crippen LogP contribution in [0, 0.1) is 17.3 Å². The van der Waals surface area contributed by atoms with Crippen LogP contribution < -0.4 is 0 Å². The topological polar surface area (TPSA) is 26.3 Å². The number of rotatable bonds is 6. The molecule has 0 bridgehead atoms. The summed E-state index contributed by atoms with van der Waals surface area (Å²) in [6.45, 7) is 9.10. The lowest BCUT2D eigenvalue weighted by molar-refractivity contribution is -0.110. The van der Waals surface area contributed by atoms with Crippen molar-refractivity contribution < 1.29 is 9.22 Å². The molecule has 2 aliphatic rings. The van der Waals surface area contributed by atoms with Crippen LogP contribution in [0.5, 0.6) is 0 Å². The molecule has 2 nitrogen and oxygen atoms in total. The zero-order chi connectivity index (χ0) is 12.7. The molecule has 0 aromatic heterocycles. The van der Waals surface area contributed by atoms with Crippen LogP contribution in [-0.4, -0.2) is 20.7 Å². The van der Waals surface area contributed by atoms with Crippen molar-refractivity contribution in [2.24, 2.45) is 17.3 Å². The Balaban J connectivity index is 2.07. The van der Waals surface area contributed by atoms with E-state index in [2.05, 4.69) is 27.7 Å². The minimum Gasteiger partial charge on any atom is -0.413 e. The number of aldehydes is 1. The fraction of sp³-hybridized carbons (Fsp3) is 0.929. The molecule has 0 amide bonds. The second-order valence-corrected chi connectivity index (χ2v) is 10.8. The van der Waals surface area contributed by atoms with E-state index in [0.29, 0.717) is 17.9 Å². The van der Waals surface area contributed by atoms with Crippen LogP contribution in [0.25, 0.3) is 0 Å². The third kappa shape index (κ3) is 1.82. The average molecular weight is 254 g/mol. The summed E-state index contributed by atoms with van der Waals surface area (Å²) in [5, 5.41) is 0. The van der Waals surface area contributed by atoms with Gasteiger partial charge in [-0.3, -0.25) is 0 Å². The summed E-state index contributed by atoms with van der Waals surface area (Å²) >= 11 is 0. The monoisotopic (exact) mass is 254 g/mol. The van der Waals surface area contributed by atoms with Crippen molar-refractivity contribution in [3.63, 3.8) is 0 Å². The van der Waals surface area contributed by atoms with E-state index >= 15 is 0 Å². The van der Waals surface area contributed by atoms with Crippen molar-refractivity contribution in [3.8, 4) is 0 Å². The number of carbonyl (C=O) groups excluding carboxylic acids is 1. The van der Waals surface area contributed by atoms with Crippen LogP contribution in [0.2, 0.25) is 18.1 Å². The van der Waals surface area contributed by atoms with Gasteiger partial charge in [0.2, 0.25) is 0 Å². The van der Waals surface area contributed by atoms with Crippen molar-refractivity contribution in [1.82, 2.24) is 0 Å². The highest BCUT2D eigenvalue weighted by Gasteiger charge is 2.69. The molecule has 2 fully saturated rings. The Hall–Kier alpha value is -0.153. The molecular formula is C14H26O2Si. The maximum atomic E-state index is 11.1. The average Bonchev–Trinajstić information content (AvgIpc) is 2.82. The maximum absolute atomic E-state index is 11.1. The van der Waals surface area contributed by atoms with Gasteiger partial charge in [0, 0.05) is 11.3 Å². The molecule has 2 rings (SSSR count). The van der Waals surface area contributed by atoms with Crippen LogP contribution in [0.3, 0.4) is 0 Å². The quantitative estimate of drug-likeness (QED) is 0.534. The molecule has 17 heavy (non-hydrogen) atoms. The molecule has 0 radical (unpaired) electrons. The molecule has 0 aromatic carbocycles. The first-order chi connectivity index (χ1) is 8.07. The molecule has 0 aromatic rings. The minimum atomic E-state index is -1.50. The molecule has 2 saturated carbocycles. The Bertz CT molecular complexity index is 292. The highest BCUT2D eigenvalue weighted by atomic mass is 28.4. The second kappa shape index (κ2) is 4.50. The Morgan fingerprint density at radius 1 is 1.24 bits per heavy atom. The number of hydrogen-bond acceptors (Lipinski definition) is 2. The molecule has 3 heteroatoms. The van der Waals surface area contributed by atoms with Gasteiger partial charge in [0.25, 0.3) is 0 Å². The molecule has 0 aliphatic heterocycles. The summed E-state index contributed by atoms with van der Waals surface area (Å²) in [5.41, 5.74) is 0.194. The Morgan fingerprint density at radius 3 is 2.24 bits per heavy atom. The zero-order valence-corrected chi connectivity index (χ0v) is 12.7. The molecule has 0 saturated heterocycles. The van der Waals surface area contributed by atoms with E-state index in [-0.39, 0.29) is 5.41 Å². The summed E-state index contributed by atoms with van der Waals surface area (Å²) < 4.78 is 6.62. The predicted molar refractivity (Wildman–Crippen MR) is 72.5 cm³/mol. The number of fused-ring (bicyclic) bond motifs is 1. The highest BCUT2D eigenvalue weighted by molar-refractivity contribution is 6.73. The van der Waals surface area contributed by atoms with Gasteiger partial charge in [-0.1, -0.05) is 27.7 Å². The second-order valence-electron chi connectivity index (χ2n) is 6.06. The summed E-state index contributed by atoms with van der Waals surface area (Å²) in [6.07, 6.45) is 3.92. The molecule has 0 N–H and O–H groups in total. The maximum Gasteiger partial charge on any atom is 0.192 e. The van der Waals surface area contributed by atoms with Crippen molar-refractivity contribution in [1.29, 1.82) is 0 Å². The van der Waals surface area contributed by atoms with Crippen molar-refractivity contribution in [2.75, 3.05) is 0 Å². The predicted octanol–water partition coefficient (Wildman–Crippen LogP) is 3.62. The van der Waals surface area contributed by atoms with Gasteiger partial charge in [-0.15, -0.1) is 0 Å². The van der Waals surface area contributed by atoms with E-state index in [9.17, 15) is 4.79 Å². The first-order valence-electron chi connectivity index (χ1n) is 7.21. The van der Waals surface area contributed by atoms with Crippen molar-refractivity contribution >= 4 is 14.6 Å². The third-order valence-electron chi connectivity index (χ3n) is 5.75. The Morgan fingerprint density at radius 2 is 1.82 bits per heavy atom. The van der Waals surface area contributed by atoms with Gasteiger partial charge in [-0.2, -0.15) is 0 Å². The van der Waals surface area contributed by atoms with Gasteiger partial charge in [0.05, 0.1) is 6.10 Å². The molecule has 2 aliphatic carbocycles. The zero-order valence-electron chi connectivity index (χ0n) is 11.7. The van der Waals surface area contributed by atoms with Crippen LogP contribution >= 0.6 is 0 Å². The standard InChI is InChI=1S/C14H26O2Si/c1-5-17(6-2,7-3)16-13-9-8-11-12(10-15)14(11,13)4/h10-13H,5-9H2,1-4H3/t11-,12-,13-,14-/m0/s1. The van der Waals surface area contributed by atoms with Gasteiger partial charge in [0.1, 0.15) is 6.29 Å². The fourth-order valence-electron chi connectivity index (χ4n) is 3.98. The van der Waals surface area contributed by atoms with Crippen LogP contribution in [0.15, 0.2) is 0 Å². The van der Waals surface area contributed by atoms with E-state index < -0.39 is 8.32 Å². The smallest absolute Gasteiger partial charge is 0.192 e. The summed E-state index contributed by atoms with van der Waals surface area (Å²) in [5.74, 6) is 0.917. The minimum absolute atomic E-state index is 0.194. The van der Waals surface area contributed by atoms with Gasteiger partial charge < -0.3 is 9.22 Å². The molecule has 4 atom stereocenters. The lowest BCUT2D eigenvalue weighted by Gasteiger charge is -2.35. The van der Waals surface area contributed by atoms with Crippen molar-refractivity contribution in [3.05, 3.63) is 0 Å². The molecular weight excluding hydrogens is 228 g/mol. The van der Waals surface area contributed by atoms with Gasteiger partial charge in [-0.05, 0) is 36.9 Å². The number of carbonyl (C=O) groups is 1. The SMILES string of the molecule is CC[Si](CC)(CC)O[C@H]1CC[C@H]2[C@H](C=O)[C@@]12C. The molecule has 0 heterocycles. The van der Waals surface area contributed by atoms with E-state index in [1.54, 1.807) is 0 Å². The van der Waals surface area contributed by atoms with Crippen LogP contribution in [0.1, 0.15) is 40.5 Å². The van der Waals surface area contributed by atoms with E-state index in [1.807, 2.05) is 0 Å². The molecule has 98 valence electrons. The third-order valence-corrected chi connectivity index (χ3v) is 10.4. The lowest BCUT2D eigenvalue weighted by atomic mass is 10.00. The first kappa shape index (κ1) is 13.3. The van der Waals surface area contributed by atoms with E-state index in [4.69, 9.17) is 4.43 Å². The summed E-state index contributed by atoms with van der Waals surface area (Å²) in [4.78, 5) is 11.1. The Kier molecular flexibility index (Phi) is 3.52. The van der Waals surface area contributed by atoms with Crippen LogP contribution in [0.4, 0.5) is 0 Å². The Labute approximate surface area is 106 Å².